The van der Waals surface area contributed by atoms with Crippen molar-refractivity contribution in [3.63, 3.8) is 0 Å². The molecule has 6 heteroatoms. The average molecular weight is 269 g/mol. The highest BCUT2D eigenvalue weighted by Gasteiger charge is 2.12. The molecule has 98 valence electrons. The Labute approximate surface area is 112 Å². The molecule has 0 spiro atoms. The zero-order chi connectivity index (χ0) is 13.7. The van der Waals surface area contributed by atoms with Crippen molar-refractivity contribution in [1.82, 2.24) is 14.7 Å². The lowest BCUT2D eigenvalue weighted by molar-refractivity contribution is 0.392. The first-order valence-corrected chi connectivity index (χ1v) is 5.93. The van der Waals surface area contributed by atoms with Gasteiger partial charge in [0.05, 0.1) is 11.2 Å². The molecule has 18 heavy (non-hydrogen) atoms. The van der Waals surface area contributed by atoms with E-state index >= 15 is 0 Å². The van der Waals surface area contributed by atoms with Crippen LogP contribution in [0.1, 0.15) is 6.92 Å². The molecule has 1 unspecified atom stereocenters. The summed E-state index contributed by atoms with van der Waals surface area (Å²) in [6.45, 7) is 2.89. The highest BCUT2D eigenvalue weighted by Crippen LogP contribution is 2.16. The summed E-state index contributed by atoms with van der Waals surface area (Å²) in [5.41, 5.74) is 0.0438. The van der Waals surface area contributed by atoms with Crippen LogP contribution in [0.25, 0.3) is 0 Å². The van der Waals surface area contributed by atoms with Crippen molar-refractivity contribution in [2.24, 2.45) is 0 Å². The van der Waals surface area contributed by atoms with E-state index < -0.39 is 0 Å². The normalized spacial score (nSPS) is 12.2. The molecule has 1 rings (SSSR count). The van der Waals surface area contributed by atoms with Gasteiger partial charge in [-0.05, 0) is 21.0 Å². The van der Waals surface area contributed by atoms with Crippen molar-refractivity contribution in [3.8, 4) is 12.3 Å². The maximum atomic E-state index is 12.0. The van der Waals surface area contributed by atoms with Gasteiger partial charge in [-0.1, -0.05) is 17.5 Å². The molecule has 0 fully saturated rings. The van der Waals surface area contributed by atoms with E-state index in [2.05, 4.69) is 16.3 Å². The highest BCUT2D eigenvalue weighted by atomic mass is 35.5. The van der Waals surface area contributed by atoms with Gasteiger partial charge in [-0.3, -0.25) is 4.79 Å². The van der Waals surface area contributed by atoms with E-state index in [1.807, 2.05) is 25.9 Å². The standard InChI is InChI=1S/C12H17ClN4O/c1-5-6-17-12(18)11(10(13)7-14-17)15-9(2)8-16(3)4/h1,7,9,15H,6,8H2,2-4H3. The molecule has 1 N–H and O–H groups in total. The summed E-state index contributed by atoms with van der Waals surface area (Å²) >= 11 is 5.98. The molecular weight excluding hydrogens is 252 g/mol. The molecule has 1 aromatic rings. The first kappa shape index (κ1) is 14.6. The lowest BCUT2D eigenvalue weighted by Gasteiger charge is -2.19. The van der Waals surface area contributed by atoms with E-state index in [4.69, 9.17) is 18.0 Å². The third-order valence-electron chi connectivity index (χ3n) is 2.27. The summed E-state index contributed by atoms with van der Waals surface area (Å²) in [5, 5.41) is 7.27. The zero-order valence-electron chi connectivity index (χ0n) is 10.8. The van der Waals surface area contributed by atoms with E-state index in [1.54, 1.807) is 0 Å². The van der Waals surface area contributed by atoms with Crippen LogP contribution in [-0.4, -0.2) is 41.4 Å². The fraction of sp³-hybridized carbons (Fsp3) is 0.500. The highest BCUT2D eigenvalue weighted by molar-refractivity contribution is 6.33. The first-order chi connectivity index (χ1) is 8.45. The molecule has 1 aromatic heterocycles. The smallest absolute Gasteiger partial charge is 0.292 e. The molecule has 0 saturated carbocycles. The van der Waals surface area contributed by atoms with Crippen molar-refractivity contribution in [1.29, 1.82) is 0 Å². The number of nitrogens with one attached hydrogen (secondary N) is 1. The molecule has 0 aliphatic carbocycles. The van der Waals surface area contributed by atoms with Gasteiger partial charge < -0.3 is 10.2 Å². The number of aromatic nitrogens is 2. The van der Waals surface area contributed by atoms with Gasteiger partial charge in [0.1, 0.15) is 12.2 Å². The van der Waals surface area contributed by atoms with E-state index in [0.29, 0.717) is 10.7 Å². The molecule has 5 nitrogen and oxygen atoms in total. The third-order valence-corrected chi connectivity index (χ3v) is 2.55. The van der Waals surface area contributed by atoms with Crippen LogP contribution >= 0.6 is 11.6 Å². The zero-order valence-corrected chi connectivity index (χ0v) is 11.5. The Kier molecular flexibility index (Phi) is 5.20. The average Bonchev–Trinajstić information content (AvgIpc) is 2.27. The maximum Gasteiger partial charge on any atom is 0.292 e. The van der Waals surface area contributed by atoms with Gasteiger partial charge in [-0.15, -0.1) is 6.42 Å². The molecule has 0 aliphatic heterocycles. The van der Waals surface area contributed by atoms with Crippen molar-refractivity contribution >= 4 is 17.3 Å². The third kappa shape index (κ3) is 3.76. The van der Waals surface area contributed by atoms with Crippen LogP contribution in [0.5, 0.6) is 0 Å². The minimum Gasteiger partial charge on any atom is -0.376 e. The lowest BCUT2D eigenvalue weighted by atomic mass is 10.3. The quantitative estimate of drug-likeness (QED) is 0.806. The van der Waals surface area contributed by atoms with E-state index in [1.165, 1.54) is 10.9 Å². The first-order valence-electron chi connectivity index (χ1n) is 5.56. The second-order valence-corrected chi connectivity index (χ2v) is 4.75. The Balaban J connectivity index is 2.98. The lowest BCUT2D eigenvalue weighted by Crippen LogP contribution is -2.34. The minimum atomic E-state index is -0.300. The van der Waals surface area contributed by atoms with Gasteiger partial charge in [0.25, 0.3) is 5.56 Å². The van der Waals surface area contributed by atoms with Crippen molar-refractivity contribution in [2.75, 3.05) is 26.0 Å². The Hall–Kier alpha value is -1.51. The van der Waals surface area contributed by atoms with Crippen molar-refractivity contribution in [3.05, 3.63) is 21.6 Å². The number of nitrogens with zero attached hydrogens (tertiary/aromatic N) is 3. The number of likely N-dealkylation sites (N-methyl/N-ethyl adjacent to an activating group) is 1. The van der Waals surface area contributed by atoms with Gasteiger partial charge in [0.15, 0.2) is 0 Å². The van der Waals surface area contributed by atoms with Crippen LogP contribution in [0, 0.1) is 12.3 Å². The Morgan fingerprint density at radius 2 is 2.33 bits per heavy atom. The largest absolute Gasteiger partial charge is 0.376 e. The molecule has 0 amide bonds. The number of terminal acetylenes is 1. The van der Waals surface area contributed by atoms with Crippen LogP contribution in [0.2, 0.25) is 5.02 Å². The minimum absolute atomic E-state index is 0.0897. The predicted octanol–water partition coefficient (Wildman–Crippen LogP) is 0.892. The molecule has 0 radical (unpaired) electrons. The topological polar surface area (TPSA) is 50.2 Å². The summed E-state index contributed by atoms with van der Waals surface area (Å²) in [7, 11) is 3.92. The fourth-order valence-electron chi connectivity index (χ4n) is 1.64. The molecule has 0 aromatic carbocycles. The van der Waals surface area contributed by atoms with Crippen LogP contribution in [0.3, 0.4) is 0 Å². The summed E-state index contributed by atoms with van der Waals surface area (Å²) in [4.78, 5) is 14.1. The number of hydrogen-bond acceptors (Lipinski definition) is 4. The summed E-state index contributed by atoms with van der Waals surface area (Å²) in [6.07, 6.45) is 6.60. The van der Waals surface area contributed by atoms with E-state index in [-0.39, 0.29) is 18.1 Å². The molecule has 1 atom stereocenters. The number of anilines is 1. The Bertz CT molecular complexity index is 504. The summed E-state index contributed by atoms with van der Waals surface area (Å²) in [6, 6.07) is 0.0897. The van der Waals surface area contributed by atoms with Gasteiger partial charge in [0, 0.05) is 12.6 Å². The second kappa shape index (κ2) is 6.43. The molecule has 0 aliphatic rings. The van der Waals surface area contributed by atoms with Crippen molar-refractivity contribution in [2.45, 2.75) is 19.5 Å². The number of hydrogen-bond donors (Lipinski definition) is 1. The maximum absolute atomic E-state index is 12.0. The molecule has 1 heterocycles. The number of halogens is 1. The van der Waals surface area contributed by atoms with Gasteiger partial charge in [-0.2, -0.15) is 5.10 Å². The van der Waals surface area contributed by atoms with Gasteiger partial charge in [0.2, 0.25) is 0 Å². The van der Waals surface area contributed by atoms with Crippen LogP contribution in [0.4, 0.5) is 5.69 Å². The molecular formula is C12H17ClN4O. The Morgan fingerprint density at radius 1 is 1.67 bits per heavy atom. The fourth-order valence-corrected chi connectivity index (χ4v) is 1.82. The predicted molar refractivity (Wildman–Crippen MR) is 74.0 cm³/mol. The SMILES string of the molecule is C#CCn1ncc(Cl)c(NC(C)CN(C)C)c1=O. The van der Waals surface area contributed by atoms with Crippen LogP contribution in [0.15, 0.2) is 11.0 Å². The summed E-state index contributed by atoms with van der Waals surface area (Å²) in [5.74, 6) is 2.38. The Morgan fingerprint density at radius 3 is 2.89 bits per heavy atom. The van der Waals surface area contributed by atoms with E-state index in [9.17, 15) is 4.79 Å². The molecule has 0 bridgehead atoms. The van der Waals surface area contributed by atoms with Gasteiger partial charge in [-0.25, -0.2) is 4.68 Å². The monoisotopic (exact) mass is 268 g/mol. The van der Waals surface area contributed by atoms with Crippen molar-refractivity contribution < 1.29 is 0 Å². The van der Waals surface area contributed by atoms with Crippen LogP contribution in [-0.2, 0) is 6.54 Å². The van der Waals surface area contributed by atoms with E-state index in [0.717, 1.165) is 6.54 Å². The molecule has 0 saturated heterocycles. The summed E-state index contributed by atoms with van der Waals surface area (Å²) < 4.78 is 1.20. The van der Waals surface area contributed by atoms with Crippen LogP contribution < -0.4 is 10.9 Å². The second-order valence-electron chi connectivity index (χ2n) is 4.34. The van der Waals surface area contributed by atoms with Gasteiger partial charge >= 0.3 is 0 Å². The number of rotatable bonds is 5.